The van der Waals surface area contributed by atoms with Gasteiger partial charge < -0.3 is 21.1 Å². The molecule has 0 radical (unpaired) electrons. The topological polar surface area (TPSA) is 108 Å². The molecule has 0 aliphatic heterocycles. The molecule has 19 heavy (non-hydrogen) atoms. The zero-order valence-corrected chi connectivity index (χ0v) is 10.9. The number of hydrogen-bond donors (Lipinski definition) is 4. The lowest BCUT2D eigenvalue weighted by Gasteiger charge is -2.10. The Labute approximate surface area is 112 Å². The first-order valence-electron chi connectivity index (χ1n) is 6.58. The van der Waals surface area contributed by atoms with E-state index in [9.17, 15) is 14.4 Å². The third kappa shape index (κ3) is 7.28. The van der Waals surface area contributed by atoms with Crippen LogP contribution in [0.2, 0.25) is 0 Å². The van der Waals surface area contributed by atoms with Crippen LogP contribution in [0.15, 0.2) is 0 Å². The highest BCUT2D eigenvalue weighted by molar-refractivity contribution is 5.86. The summed E-state index contributed by atoms with van der Waals surface area (Å²) < 4.78 is 0. The SMILES string of the molecule is O=C(O)CNC(=O)CNC(=O)NCCC1CCCC1. The molecule has 0 aromatic rings. The van der Waals surface area contributed by atoms with Gasteiger partial charge in [0, 0.05) is 6.54 Å². The third-order valence-electron chi connectivity index (χ3n) is 3.16. The van der Waals surface area contributed by atoms with Crippen molar-refractivity contribution in [2.45, 2.75) is 32.1 Å². The van der Waals surface area contributed by atoms with Crippen molar-refractivity contribution in [2.24, 2.45) is 5.92 Å². The van der Waals surface area contributed by atoms with Crippen LogP contribution in [-0.2, 0) is 9.59 Å². The molecule has 0 atom stereocenters. The van der Waals surface area contributed by atoms with Crippen LogP contribution < -0.4 is 16.0 Å². The smallest absolute Gasteiger partial charge is 0.322 e. The summed E-state index contributed by atoms with van der Waals surface area (Å²) in [6.07, 6.45) is 6.00. The van der Waals surface area contributed by atoms with Crippen LogP contribution in [0, 0.1) is 5.92 Å². The van der Waals surface area contributed by atoms with Gasteiger partial charge in [-0.3, -0.25) is 9.59 Å². The first-order chi connectivity index (χ1) is 9.08. The van der Waals surface area contributed by atoms with Crippen molar-refractivity contribution in [3.05, 3.63) is 0 Å². The van der Waals surface area contributed by atoms with E-state index < -0.39 is 24.5 Å². The van der Waals surface area contributed by atoms with E-state index in [1.165, 1.54) is 25.7 Å². The molecule has 0 saturated heterocycles. The summed E-state index contributed by atoms with van der Waals surface area (Å²) in [6, 6.07) is -0.400. The number of amides is 3. The average molecular weight is 271 g/mol. The third-order valence-corrected chi connectivity index (χ3v) is 3.16. The summed E-state index contributed by atoms with van der Waals surface area (Å²) in [5, 5.41) is 15.6. The first-order valence-corrected chi connectivity index (χ1v) is 6.58. The van der Waals surface area contributed by atoms with E-state index in [2.05, 4.69) is 16.0 Å². The number of carbonyl (C=O) groups is 3. The largest absolute Gasteiger partial charge is 0.480 e. The highest BCUT2D eigenvalue weighted by Crippen LogP contribution is 2.26. The minimum atomic E-state index is -1.12. The molecule has 3 amide bonds. The van der Waals surface area contributed by atoms with Crippen molar-refractivity contribution in [3.8, 4) is 0 Å². The molecule has 4 N–H and O–H groups in total. The van der Waals surface area contributed by atoms with Crippen molar-refractivity contribution in [1.29, 1.82) is 0 Å². The van der Waals surface area contributed by atoms with E-state index in [0.717, 1.165) is 6.42 Å². The molecule has 1 saturated carbocycles. The van der Waals surface area contributed by atoms with Crippen LogP contribution in [0.25, 0.3) is 0 Å². The minimum Gasteiger partial charge on any atom is -0.480 e. The maximum atomic E-state index is 11.3. The molecular formula is C12H21N3O4. The molecule has 7 heteroatoms. The molecule has 1 aliphatic carbocycles. The zero-order chi connectivity index (χ0) is 14.1. The van der Waals surface area contributed by atoms with Crippen molar-refractivity contribution in [2.75, 3.05) is 19.6 Å². The predicted octanol–water partition coefficient (Wildman–Crippen LogP) is 0.0667. The van der Waals surface area contributed by atoms with Gasteiger partial charge in [-0.05, 0) is 12.3 Å². The highest BCUT2D eigenvalue weighted by atomic mass is 16.4. The lowest BCUT2D eigenvalue weighted by molar-refractivity contribution is -0.137. The fourth-order valence-corrected chi connectivity index (χ4v) is 2.15. The predicted molar refractivity (Wildman–Crippen MR) is 68.6 cm³/mol. The van der Waals surface area contributed by atoms with Gasteiger partial charge in [0.25, 0.3) is 0 Å². The molecule has 0 aromatic heterocycles. The van der Waals surface area contributed by atoms with Crippen molar-refractivity contribution < 1.29 is 19.5 Å². The molecule has 1 aliphatic rings. The van der Waals surface area contributed by atoms with Gasteiger partial charge in [0.2, 0.25) is 5.91 Å². The molecule has 1 rings (SSSR count). The lowest BCUT2D eigenvalue weighted by atomic mass is 10.0. The molecular weight excluding hydrogens is 250 g/mol. The quantitative estimate of drug-likeness (QED) is 0.525. The Bertz CT molecular complexity index is 327. The molecule has 0 unspecified atom stereocenters. The number of aliphatic carboxylic acids is 1. The van der Waals surface area contributed by atoms with Crippen LogP contribution in [0.5, 0.6) is 0 Å². The Morgan fingerprint density at radius 1 is 1.00 bits per heavy atom. The summed E-state index contributed by atoms with van der Waals surface area (Å²) in [5.41, 5.74) is 0. The Hall–Kier alpha value is -1.79. The summed E-state index contributed by atoms with van der Waals surface area (Å²) >= 11 is 0. The second-order valence-corrected chi connectivity index (χ2v) is 4.72. The Balaban J connectivity index is 2.00. The van der Waals surface area contributed by atoms with Crippen LogP contribution >= 0.6 is 0 Å². The van der Waals surface area contributed by atoms with Crippen LogP contribution in [0.1, 0.15) is 32.1 Å². The number of hydrogen-bond acceptors (Lipinski definition) is 3. The van der Waals surface area contributed by atoms with E-state index in [4.69, 9.17) is 5.11 Å². The van der Waals surface area contributed by atoms with E-state index in [-0.39, 0.29) is 6.54 Å². The number of carboxylic acid groups (broad SMARTS) is 1. The Morgan fingerprint density at radius 2 is 1.68 bits per heavy atom. The molecule has 0 aromatic carbocycles. The van der Waals surface area contributed by atoms with E-state index >= 15 is 0 Å². The van der Waals surface area contributed by atoms with E-state index in [0.29, 0.717) is 12.5 Å². The van der Waals surface area contributed by atoms with Gasteiger partial charge in [-0.1, -0.05) is 25.7 Å². The van der Waals surface area contributed by atoms with Crippen molar-refractivity contribution in [3.63, 3.8) is 0 Å². The number of carboxylic acids is 1. The number of urea groups is 1. The van der Waals surface area contributed by atoms with E-state index in [1.54, 1.807) is 0 Å². The molecule has 0 spiro atoms. The van der Waals surface area contributed by atoms with Gasteiger partial charge >= 0.3 is 12.0 Å². The molecule has 7 nitrogen and oxygen atoms in total. The standard InChI is InChI=1S/C12H21N3O4/c16-10(14-8-11(17)18)7-15-12(19)13-6-5-9-3-1-2-4-9/h9H,1-8H2,(H,14,16)(H,17,18)(H2,13,15,19). The molecule has 0 heterocycles. The Kier molecular flexibility index (Phi) is 6.70. The van der Waals surface area contributed by atoms with Gasteiger partial charge in [-0.25, -0.2) is 4.79 Å². The van der Waals surface area contributed by atoms with Gasteiger partial charge in [0.05, 0.1) is 6.54 Å². The monoisotopic (exact) mass is 271 g/mol. The Morgan fingerprint density at radius 3 is 2.32 bits per heavy atom. The summed E-state index contributed by atoms with van der Waals surface area (Å²) in [4.78, 5) is 32.7. The maximum Gasteiger partial charge on any atom is 0.322 e. The number of nitrogens with one attached hydrogen (secondary N) is 3. The second-order valence-electron chi connectivity index (χ2n) is 4.72. The zero-order valence-electron chi connectivity index (χ0n) is 10.9. The van der Waals surface area contributed by atoms with Gasteiger partial charge in [-0.15, -0.1) is 0 Å². The van der Waals surface area contributed by atoms with E-state index in [1.807, 2.05) is 0 Å². The fraction of sp³-hybridized carbons (Fsp3) is 0.750. The molecule has 1 fully saturated rings. The highest BCUT2D eigenvalue weighted by Gasteiger charge is 2.14. The van der Waals surface area contributed by atoms with Crippen LogP contribution in [0.3, 0.4) is 0 Å². The van der Waals surface area contributed by atoms with Crippen molar-refractivity contribution in [1.82, 2.24) is 16.0 Å². The number of rotatable bonds is 7. The second kappa shape index (κ2) is 8.34. The maximum absolute atomic E-state index is 11.3. The minimum absolute atomic E-state index is 0.220. The summed E-state index contributed by atoms with van der Waals surface area (Å²) in [5.74, 6) is -0.929. The lowest BCUT2D eigenvalue weighted by Crippen LogP contribution is -2.43. The van der Waals surface area contributed by atoms with Gasteiger partial charge in [0.1, 0.15) is 6.54 Å². The summed E-state index contributed by atoms with van der Waals surface area (Å²) in [6.45, 7) is -0.0560. The molecule has 108 valence electrons. The van der Waals surface area contributed by atoms with Crippen molar-refractivity contribution >= 4 is 17.9 Å². The first kappa shape index (κ1) is 15.3. The van der Waals surface area contributed by atoms with Gasteiger partial charge in [-0.2, -0.15) is 0 Å². The van der Waals surface area contributed by atoms with Gasteiger partial charge in [0.15, 0.2) is 0 Å². The normalized spacial score (nSPS) is 14.9. The fourth-order valence-electron chi connectivity index (χ4n) is 2.15. The number of carbonyl (C=O) groups excluding carboxylic acids is 2. The van der Waals surface area contributed by atoms with Crippen LogP contribution in [0.4, 0.5) is 4.79 Å². The summed E-state index contributed by atoms with van der Waals surface area (Å²) in [7, 11) is 0. The van der Waals surface area contributed by atoms with Crippen LogP contribution in [-0.4, -0.2) is 42.6 Å². The average Bonchev–Trinajstić information content (AvgIpc) is 2.87. The molecule has 0 bridgehead atoms.